The summed E-state index contributed by atoms with van der Waals surface area (Å²) in [5, 5.41) is 8.58. The van der Waals surface area contributed by atoms with E-state index in [1.165, 1.54) is 5.69 Å². The highest BCUT2D eigenvalue weighted by Crippen LogP contribution is 2.21. The van der Waals surface area contributed by atoms with E-state index >= 15 is 0 Å². The summed E-state index contributed by atoms with van der Waals surface area (Å²) >= 11 is 0. The molecule has 1 aliphatic rings. The minimum absolute atomic E-state index is 0.0358. The zero-order valence-corrected chi connectivity index (χ0v) is 17.8. The number of aryl methyl sites for hydroxylation is 2. The molecule has 8 heteroatoms. The lowest BCUT2D eigenvalue weighted by Crippen LogP contribution is -2.49. The highest BCUT2D eigenvalue weighted by Gasteiger charge is 2.24. The van der Waals surface area contributed by atoms with Gasteiger partial charge in [-0.1, -0.05) is 26.3 Å². The van der Waals surface area contributed by atoms with E-state index in [9.17, 15) is 4.79 Å². The van der Waals surface area contributed by atoms with Crippen LogP contribution in [0, 0.1) is 0 Å². The van der Waals surface area contributed by atoms with E-state index in [4.69, 9.17) is 9.72 Å². The smallest absolute Gasteiger partial charge is 0.257 e. The summed E-state index contributed by atoms with van der Waals surface area (Å²) in [6, 6.07) is 9.47. The molecule has 0 atom stereocenters. The minimum atomic E-state index is 0.0358. The third-order valence-electron chi connectivity index (χ3n) is 5.54. The fourth-order valence-corrected chi connectivity index (χ4v) is 3.93. The number of fused-ring (bicyclic) bond motifs is 1. The molecule has 0 bridgehead atoms. The molecule has 1 saturated heterocycles. The lowest BCUT2D eigenvalue weighted by Gasteiger charge is -2.35. The summed E-state index contributed by atoms with van der Waals surface area (Å²) < 4.78 is 7.32. The van der Waals surface area contributed by atoms with Crippen LogP contribution in [-0.2, 0) is 12.8 Å². The predicted molar refractivity (Wildman–Crippen MR) is 115 cm³/mol. The lowest BCUT2D eigenvalue weighted by molar-refractivity contribution is 0.0746. The first-order chi connectivity index (χ1) is 14.6. The standard InChI is InChI=1S/C22H28N6O2/c1-4-7-17-15-20(23-22-25-24-19(5-2)28(17)22)26-10-12-27(13-11-26)21(29)16-8-6-9-18(14-16)30-3/h6,8-9,14-15H,4-5,7,10-13H2,1-3H3. The number of methoxy groups -OCH3 is 1. The molecule has 1 amide bonds. The van der Waals surface area contributed by atoms with Crippen molar-refractivity contribution in [3.8, 4) is 5.75 Å². The van der Waals surface area contributed by atoms with Gasteiger partial charge in [-0.25, -0.2) is 0 Å². The van der Waals surface area contributed by atoms with Gasteiger partial charge in [0.05, 0.1) is 7.11 Å². The summed E-state index contributed by atoms with van der Waals surface area (Å²) in [6.07, 6.45) is 2.82. The molecule has 0 aliphatic carbocycles. The quantitative estimate of drug-likeness (QED) is 0.624. The highest BCUT2D eigenvalue weighted by molar-refractivity contribution is 5.94. The Morgan fingerprint density at radius 1 is 1.10 bits per heavy atom. The van der Waals surface area contributed by atoms with E-state index in [-0.39, 0.29) is 5.91 Å². The normalized spacial score (nSPS) is 14.4. The first-order valence-corrected chi connectivity index (χ1v) is 10.6. The number of benzene rings is 1. The molecule has 0 spiro atoms. The van der Waals surface area contributed by atoms with Gasteiger partial charge in [-0.3, -0.25) is 9.20 Å². The molecule has 1 fully saturated rings. The van der Waals surface area contributed by atoms with Crippen LogP contribution < -0.4 is 9.64 Å². The Labute approximate surface area is 176 Å². The molecule has 0 saturated carbocycles. The molecule has 1 aromatic carbocycles. The fraction of sp³-hybridized carbons (Fsp3) is 0.455. The topological polar surface area (TPSA) is 75.9 Å². The number of ether oxygens (including phenoxy) is 1. The zero-order valence-electron chi connectivity index (χ0n) is 17.8. The number of piperazine rings is 1. The molecule has 3 aromatic rings. The molecular weight excluding hydrogens is 380 g/mol. The van der Waals surface area contributed by atoms with E-state index in [0.29, 0.717) is 30.2 Å². The van der Waals surface area contributed by atoms with E-state index in [1.54, 1.807) is 13.2 Å². The molecule has 1 aliphatic heterocycles. The van der Waals surface area contributed by atoms with Crippen molar-refractivity contribution in [1.29, 1.82) is 0 Å². The first kappa shape index (κ1) is 20.1. The van der Waals surface area contributed by atoms with Gasteiger partial charge >= 0.3 is 0 Å². The largest absolute Gasteiger partial charge is 0.497 e. The summed E-state index contributed by atoms with van der Waals surface area (Å²) in [7, 11) is 1.61. The van der Waals surface area contributed by atoms with E-state index in [0.717, 1.165) is 44.0 Å². The number of hydrogen-bond acceptors (Lipinski definition) is 6. The van der Waals surface area contributed by atoms with E-state index < -0.39 is 0 Å². The number of carbonyl (C=O) groups is 1. The van der Waals surface area contributed by atoms with Crippen molar-refractivity contribution in [2.45, 2.75) is 33.1 Å². The van der Waals surface area contributed by atoms with Crippen molar-refractivity contribution in [2.75, 3.05) is 38.2 Å². The van der Waals surface area contributed by atoms with E-state index in [2.05, 4.69) is 39.4 Å². The van der Waals surface area contributed by atoms with Gasteiger partial charge in [-0.05, 0) is 24.6 Å². The Balaban J connectivity index is 1.51. The second kappa shape index (κ2) is 8.69. The molecule has 4 rings (SSSR count). The Morgan fingerprint density at radius 3 is 2.60 bits per heavy atom. The summed E-state index contributed by atoms with van der Waals surface area (Å²) in [4.78, 5) is 21.8. The van der Waals surface area contributed by atoms with Gasteiger partial charge in [0.15, 0.2) is 0 Å². The number of nitrogens with zero attached hydrogens (tertiary/aromatic N) is 6. The van der Waals surface area contributed by atoms with Crippen LogP contribution in [0.5, 0.6) is 5.75 Å². The molecule has 3 heterocycles. The van der Waals surface area contributed by atoms with Crippen LogP contribution in [-0.4, -0.2) is 63.7 Å². The summed E-state index contributed by atoms with van der Waals surface area (Å²) in [5.74, 6) is 3.24. The second-order valence-electron chi connectivity index (χ2n) is 7.47. The van der Waals surface area contributed by atoms with E-state index in [1.807, 2.05) is 23.1 Å². The maximum absolute atomic E-state index is 12.9. The Hall–Kier alpha value is -3.16. The average molecular weight is 409 g/mol. The maximum Gasteiger partial charge on any atom is 0.257 e. The molecule has 0 radical (unpaired) electrons. The zero-order chi connectivity index (χ0) is 21.1. The number of hydrogen-bond donors (Lipinski definition) is 0. The summed E-state index contributed by atoms with van der Waals surface area (Å²) in [5.41, 5.74) is 1.84. The van der Waals surface area contributed by atoms with Crippen LogP contribution in [0.25, 0.3) is 5.78 Å². The molecular formula is C22H28N6O2. The van der Waals surface area contributed by atoms with Crippen molar-refractivity contribution in [3.05, 3.63) is 47.4 Å². The molecule has 2 aromatic heterocycles. The van der Waals surface area contributed by atoms with Gasteiger partial charge in [0.2, 0.25) is 0 Å². The third-order valence-corrected chi connectivity index (χ3v) is 5.54. The van der Waals surface area contributed by atoms with Crippen LogP contribution in [0.15, 0.2) is 30.3 Å². The number of rotatable bonds is 6. The first-order valence-electron chi connectivity index (χ1n) is 10.6. The van der Waals surface area contributed by atoms with Crippen LogP contribution in [0.4, 0.5) is 5.82 Å². The molecule has 0 N–H and O–H groups in total. The third kappa shape index (κ3) is 3.81. The fourth-order valence-electron chi connectivity index (χ4n) is 3.93. The van der Waals surface area contributed by atoms with Gasteiger partial charge in [0.25, 0.3) is 11.7 Å². The van der Waals surface area contributed by atoms with Gasteiger partial charge in [0, 0.05) is 49.9 Å². The van der Waals surface area contributed by atoms with Crippen molar-refractivity contribution < 1.29 is 9.53 Å². The average Bonchev–Trinajstić information content (AvgIpc) is 3.22. The highest BCUT2D eigenvalue weighted by atomic mass is 16.5. The van der Waals surface area contributed by atoms with Crippen molar-refractivity contribution >= 4 is 17.5 Å². The Morgan fingerprint density at radius 2 is 1.90 bits per heavy atom. The Bertz CT molecular complexity index is 1040. The van der Waals surface area contributed by atoms with Crippen LogP contribution in [0.2, 0.25) is 0 Å². The van der Waals surface area contributed by atoms with Crippen molar-refractivity contribution in [1.82, 2.24) is 24.5 Å². The number of carbonyl (C=O) groups excluding carboxylic acids is 1. The lowest BCUT2D eigenvalue weighted by atomic mass is 10.1. The van der Waals surface area contributed by atoms with Crippen molar-refractivity contribution in [2.24, 2.45) is 0 Å². The minimum Gasteiger partial charge on any atom is -0.497 e. The maximum atomic E-state index is 12.9. The number of anilines is 1. The number of amides is 1. The molecule has 30 heavy (non-hydrogen) atoms. The van der Waals surface area contributed by atoms with Crippen LogP contribution >= 0.6 is 0 Å². The molecule has 0 unspecified atom stereocenters. The predicted octanol–water partition coefficient (Wildman–Crippen LogP) is 2.61. The molecule has 8 nitrogen and oxygen atoms in total. The SMILES string of the molecule is CCCc1cc(N2CCN(C(=O)c3cccc(OC)c3)CC2)nc2nnc(CC)n12. The Kier molecular flexibility index (Phi) is 5.83. The summed E-state index contributed by atoms with van der Waals surface area (Å²) in [6.45, 7) is 7.03. The van der Waals surface area contributed by atoms with Gasteiger partial charge in [0.1, 0.15) is 17.4 Å². The van der Waals surface area contributed by atoms with Gasteiger partial charge in [-0.2, -0.15) is 4.98 Å². The number of aromatic nitrogens is 4. The van der Waals surface area contributed by atoms with Crippen molar-refractivity contribution in [3.63, 3.8) is 0 Å². The van der Waals surface area contributed by atoms with Crippen LogP contribution in [0.3, 0.4) is 0 Å². The van der Waals surface area contributed by atoms with Crippen LogP contribution in [0.1, 0.15) is 42.1 Å². The van der Waals surface area contributed by atoms with Gasteiger partial charge < -0.3 is 14.5 Å². The van der Waals surface area contributed by atoms with Gasteiger partial charge in [-0.15, -0.1) is 10.2 Å². The monoisotopic (exact) mass is 408 g/mol. The molecule has 158 valence electrons. The second-order valence-corrected chi connectivity index (χ2v) is 7.47.